The van der Waals surface area contributed by atoms with Crippen molar-refractivity contribution in [1.29, 1.82) is 10.5 Å². The molecule has 6 rings (SSSR count). The van der Waals surface area contributed by atoms with Crippen LogP contribution in [-0.2, 0) is 44.9 Å². The summed E-state index contributed by atoms with van der Waals surface area (Å²) in [4.78, 5) is 40.6. The van der Waals surface area contributed by atoms with Gasteiger partial charge in [0.15, 0.2) is 23.3 Å². The first kappa shape index (κ1) is 27.5. The van der Waals surface area contributed by atoms with Gasteiger partial charge in [-0.2, -0.15) is 10.5 Å². The molecule has 12 heteroatoms. The number of esters is 2. The molecule has 12 nitrogen and oxygen atoms in total. The van der Waals surface area contributed by atoms with Gasteiger partial charge in [0, 0.05) is 24.8 Å². The van der Waals surface area contributed by atoms with Crippen molar-refractivity contribution >= 4 is 11.9 Å². The van der Waals surface area contributed by atoms with Crippen molar-refractivity contribution in [2.75, 3.05) is 6.61 Å². The number of aryl methyl sites for hydroxylation is 1. The smallest absolute Gasteiger partial charge is 0.308 e. The summed E-state index contributed by atoms with van der Waals surface area (Å²) in [5, 5.41) is 18.1. The Morgan fingerprint density at radius 3 is 2.69 bits per heavy atom. The highest BCUT2D eigenvalue weighted by molar-refractivity contribution is 5.77. The Labute approximate surface area is 227 Å². The second-order valence-electron chi connectivity index (χ2n) is 11.2. The molecule has 8 atom stereocenters. The zero-order valence-corrected chi connectivity index (χ0v) is 22.5. The number of rotatable bonds is 8. The topological polar surface area (TPSA) is 155 Å². The molecule has 1 spiro atoms. The predicted molar refractivity (Wildman–Crippen MR) is 129 cm³/mol. The largest absolute Gasteiger partial charge is 0.466 e. The monoisotopic (exact) mass is 542 g/mol. The van der Waals surface area contributed by atoms with Crippen LogP contribution in [-0.4, -0.2) is 52.1 Å². The van der Waals surface area contributed by atoms with E-state index in [1.54, 1.807) is 0 Å². The SMILES string of the molecule is C[C@H]1[C@H](OC(=O)CCC(=O)OCCCn2cnc(C#N)c2C#N)O[C@@H]2O[C@@]3(C)CC[C@H]4[C@H](C)CC[C@@H]1[C@@]24OO3. The van der Waals surface area contributed by atoms with Gasteiger partial charge < -0.3 is 23.5 Å². The van der Waals surface area contributed by atoms with Crippen LogP contribution in [0, 0.1) is 46.3 Å². The number of imidazole rings is 1. The van der Waals surface area contributed by atoms with Gasteiger partial charge in [-0.05, 0) is 44.4 Å². The number of nitrogens with zero attached hydrogens (tertiary/aromatic N) is 4. The number of carbonyl (C=O) groups excluding carboxylic acids is 2. The molecule has 1 aliphatic carbocycles. The number of hydrogen-bond donors (Lipinski definition) is 0. The molecular formula is C27H34N4O8. The van der Waals surface area contributed by atoms with E-state index < -0.39 is 35.9 Å². The summed E-state index contributed by atoms with van der Waals surface area (Å²) in [6, 6.07) is 3.80. The van der Waals surface area contributed by atoms with Crippen molar-refractivity contribution in [2.45, 2.75) is 96.2 Å². The molecule has 0 N–H and O–H groups in total. The molecule has 1 aromatic heterocycles. The Hall–Kier alpha value is -3.03. The number of ether oxygens (including phenoxy) is 4. The van der Waals surface area contributed by atoms with Gasteiger partial charge >= 0.3 is 11.9 Å². The molecule has 4 saturated heterocycles. The van der Waals surface area contributed by atoms with Crippen LogP contribution in [0.15, 0.2) is 6.33 Å². The maximum Gasteiger partial charge on any atom is 0.308 e. The lowest BCUT2D eigenvalue weighted by molar-refractivity contribution is -0.576. The number of hydrogen-bond acceptors (Lipinski definition) is 11. The first-order valence-corrected chi connectivity index (χ1v) is 13.6. The van der Waals surface area contributed by atoms with Crippen LogP contribution in [0.3, 0.4) is 0 Å². The minimum atomic E-state index is -0.914. The van der Waals surface area contributed by atoms with Crippen LogP contribution in [0.4, 0.5) is 0 Å². The highest BCUT2D eigenvalue weighted by Crippen LogP contribution is 2.60. The standard InChI is InChI=1S/C27H34N4O8/c1-16-5-6-19-17(2)24(36-25-27(19)18(16)9-10-26(3,37-25)38-39-27)35-23(33)8-7-22(32)34-12-4-11-31-15-30-20(13-28)21(31)14-29/h15-19,24-25H,4-12H2,1-3H3/t16-,17-,18+,19+,24-,25-,26-,27-/m1/s1. The van der Waals surface area contributed by atoms with Crippen LogP contribution in [0.25, 0.3) is 0 Å². The third kappa shape index (κ3) is 5.03. The Kier molecular flexibility index (Phi) is 7.66. The third-order valence-corrected chi connectivity index (χ3v) is 8.73. The maximum absolute atomic E-state index is 12.7. The van der Waals surface area contributed by atoms with Crippen LogP contribution < -0.4 is 0 Å². The van der Waals surface area contributed by atoms with Crippen molar-refractivity contribution in [1.82, 2.24) is 9.55 Å². The Morgan fingerprint density at radius 1 is 1.13 bits per heavy atom. The first-order valence-electron chi connectivity index (χ1n) is 13.6. The molecule has 5 fully saturated rings. The van der Waals surface area contributed by atoms with E-state index in [2.05, 4.69) is 11.9 Å². The fraction of sp³-hybridized carbons (Fsp3) is 0.741. The van der Waals surface area contributed by atoms with E-state index in [-0.39, 0.29) is 48.6 Å². The molecule has 39 heavy (non-hydrogen) atoms. The van der Waals surface area contributed by atoms with E-state index in [1.165, 1.54) is 10.9 Å². The van der Waals surface area contributed by atoms with Gasteiger partial charge in [0.25, 0.3) is 0 Å². The van der Waals surface area contributed by atoms with E-state index in [1.807, 2.05) is 26.0 Å². The lowest BCUT2D eigenvalue weighted by atomic mass is 9.58. The summed E-state index contributed by atoms with van der Waals surface area (Å²) in [7, 11) is 0. The maximum atomic E-state index is 12.7. The average Bonchev–Trinajstić information content (AvgIpc) is 3.18. The van der Waals surface area contributed by atoms with Gasteiger partial charge in [-0.15, -0.1) is 0 Å². The molecule has 0 radical (unpaired) electrons. The zero-order chi connectivity index (χ0) is 27.8. The van der Waals surface area contributed by atoms with E-state index in [4.69, 9.17) is 39.2 Å². The molecule has 5 heterocycles. The predicted octanol–water partition coefficient (Wildman–Crippen LogP) is 3.09. The molecule has 1 saturated carbocycles. The molecule has 2 bridgehead atoms. The van der Waals surface area contributed by atoms with Gasteiger partial charge in [0.1, 0.15) is 12.1 Å². The minimum Gasteiger partial charge on any atom is -0.466 e. The molecule has 0 amide bonds. The highest BCUT2D eigenvalue weighted by atomic mass is 17.3. The fourth-order valence-electron chi connectivity index (χ4n) is 6.64. The summed E-state index contributed by atoms with van der Waals surface area (Å²) in [6.07, 6.45) is 3.56. The summed E-state index contributed by atoms with van der Waals surface area (Å²) in [5.41, 5.74) is -0.503. The Bertz CT molecular complexity index is 1190. The van der Waals surface area contributed by atoms with Gasteiger partial charge in [0.2, 0.25) is 12.1 Å². The number of carbonyl (C=O) groups is 2. The van der Waals surface area contributed by atoms with Gasteiger partial charge in [0.05, 0.1) is 25.8 Å². The molecular weight excluding hydrogens is 508 g/mol. The van der Waals surface area contributed by atoms with Crippen LogP contribution in [0.2, 0.25) is 0 Å². The van der Waals surface area contributed by atoms with Gasteiger partial charge in [-0.25, -0.2) is 14.8 Å². The molecule has 0 aromatic carbocycles. The third-order valence-electron chi connectivity index (χ3n) is 8.73. The second kappa shape index (κ2) is 10.9. The normalized spacial score (nSPS) is 36.6. The van der Waals surface area contributed by atoms with Gasteiger partial charge in [-0.1, -0.05) is 13.8 Å². The molecule has 1 aromatic rings. The summed E-state index contributed by atoms with van der Waals surface area (Å²) >= 11 is 0. The fourth-order valence-corrected chi connectivity index (χ4v) is 6.64. The molecule has 0 unspecified atom stereocenters. The van der Waals surface area contributed by atoms with Crippen molar-refractivity contribution in [3.05, 3.63) is 17.7 Å². The molecule has 4 aliphatic heterocycles. The number of aromatic nitrogens is 2. The van der Waals surface area contributed by atoms with E-state index in [0.717, 1.165) is 19.3 Å². The Morgan fingerprint density at radius 2 is 1.92 bits per heavy atom. The van der Waals surface area contributed by atoms with Crippen molar-refractivity contribution < 1.29 is 38.3 Å². The van der Waals surface area contributed by atoms with Gasteiger partial charge in [-0.3, -0.25) is 9.59 Å². The molecule has 5 aliphatic rings. The first-order chi connectivity index (χ1) is 18.7. The van der Waals surface area contributed by atoms with E-state index in [9.17, 15) is 9.59 Å². The van der Waals surface area contributed by atoms with Crippen molar-refractivity contribution in [3.63, 3.8) is 0 Å². The van der Waals surface area contributed by atoms with Crippen LogP contribution in [0.1, 0.15) is 77.1 Å². The number of fused-ring (bicyclic) bond motifs is 2. The quantitative estimate of drug-likeness (QED) is 0.270. The summed E-state index contributed by atoms with van der Waals surface area (Å²) in [5.74, 6) is -1.46. The van der Waals surface area contributed by atoms with Crippen molar-refractivity contribution in [3.8, 4) is 12.1 Å². The Balaban J connectivity index is 1.11. The number of nitriles is 2. The average molecular weight is 543 g/mol. The van der Waals surface area contributed by atoms with E-state index >= 15 is 0 Å². The lowest BCUT2D eigenvalue weighted by Crippen LogP contribution is -2.70. The minimum absolute atomic E-state index is 0.0316. The lowest BCUT2D eigenvalue weighted by Gasteiger charge is -2.59. The zero-order valence-electron chi connectivity index (χ0n) is 22.5. The molecule has 210 valence electrons. The summed E-state index contributed by atoms with van der Waals surface area (Å²) in [6.45, 7) is 6.54. The van der Waals surface area contributed by atoms with Crippen LogP contribution in [0.5, 0.6) is 0 Å². The van der Waals surface area contributed by atoms with E-state index in [0.29, 0.717) is 25.3 Å². The van der Waals surface area contributed by atoms with Crippen molar-refractivity contribution in [2.24, 2.45) is 23.7 Å². The highest BCUT2D eigenvalue weighted by Gasteiger charge is 2.69. The summed E-state index contributed by atoms with van der Waals surface area (Å²) < 4.78 is 25.0. The van der Waals surface area contributed by atoms with Crippen LogP contribution >= 0.6 is 0 Å². The second-order valence-corrected chi connectivity index (χ2v) is 11.2.